The van der Waals surface area contributed by atoms with Crippen molar-refractivity contribution in [3.63, 3.8) is 0 Å². The Morgan fingerprint density at radius 3 is 2.55 bits per heavy atom. The lowest BCUT2D eigenvalue weighted by Crippen LogP contribution is -2.38. The molecular formula is C18H17NO3. The first kappa shape index (κ1) is 14.3. The van der Waals surface area contributed by atoms with Crippen LogP contribution >= 0.6 is 0 Å². The molecule has 22 heavy (non-hydrogen) atoms. The Labute approximate surface area is 129 Å². The molecule has 4 nitrogen and oxygen atoms in total. The van der Waals surface area contributed by atoms with Crippen LogP contribution in [-0.2, 0) is 0 Å². The molecule has 4 heteroatoms. The van der Waals surface area contributed by atoms with Gasteiger partial charge in [-0.2, -0.15) is 0 Å². The zero-order valence-electron chi connectivity index (χ0n) is 12.6. The van der Waals surface area contributed by atoms with Crippen molar-refractivity contribution in [2.24, 2.45) is 0 Å². The van der Waals surface area contributed by atoms with Crippen LogP contribution in [0.15, 0.2) is 42.5 Å². The molecule has 0 N–H and O–H groups in total. The van der Waals surface area contributed by atoms with Crippen molar-refractivity contribution in [2.75, 3.05) is 18.6 Å². The molecule has 0 atom stereocenters. The van der Waals surface area contributed by atoms with Crippen LogP contribution in [0.1, 0.15) is 32.7 Å². The van der Waals surface area contributed by atoms with Gasteiger partial charge >= 0.3 is 0 Å². The quantitative estimate of drug-likeness (QED) is 0.854. The number of carbonyl (C=O) groups is 2. The summed E-state index contributed by atoms with van der Waals surface area (Å²) in [4.78, 5) is 26.6. The molecule has 2 aromatic rings. The van der Waals surface area contributed by atoms with Gasteiger partial charge in [0.05, 0.1) is 12.8 Å². The summed E-state index contributed by atoms with van der Waals surface area (Å²) in [5, 5.41) is 0. The Hall–Kier alpha value is -2.62. The number of ketones is 1. The van der Waals surface area contributed by atoms with Gasteiger partial charge in [0.2, 0.25) is 0 Å². The van der Waals surface area contributed by atoms with Crippen LogP contribution in [0.2, 0.25) is 0 Å². The predicted molar refractivity (Wildman–Crippen MR) is 84.8 cm³/mol. The maximum atomic E-state index is 12.8. The van der Waals surface area contributed by atoms with Crippen LogP contribution in [0, 0.1) is 6.92 Å². The van der Waals surface area contributed by atoms with Gasteiger partial charge in [0.1, 0.15) is 5.75 Å². The van der Waals surface area contributed by atoms with Crippen LogP contribution in [0.3, 0.4) is 0 Å². The number of rotatable bonds is 2. The molecule has 1 aliphatic rings. The Bertz CT molecular complexity index is 734. The molecule has 0 saturated heterocycles. The van der Waals surface area contributed by atoms with Crippen molar-refractivity contribution >= 4 is 17.4 Å². The van der Waals surface area contributed by atoms with Crippen LogP contribution in [0.5, 0.6) is 5.75 Å². The number of nitrogens with zero attached hydrogens (tertiary/aromatic N) is 1. The Balaban J connectivity index is 2.00. The first-order valence-corrected chi connectivity index (χ1v) is 7.20. The number of benzene rings is 2. The number of Topliss-reactive ketones (excluding diaryl/α,β-unsaturated/α-hetero) is 1. The summed E-state index contributed by atoms with van der Waals surface area (Å²) in [5.74, 6) is 0.713. The van der Waals surface area contributed by atoms with Crippen molar-refractivity contribution < 1.29 is 14.3 Å². The topological polar surface area (TPSA) is 46.6 Å². The fraction of sp³-hybridized carbons (Fsp3) is 0.222. The van der Waals surface area contributed by atoms with Gasteiger partial charge in [-0.3, -0.25) is 9.59 Å². The van der Waals surface area contributed by atoms with Crippen molar-refractivity contribution in [3.8, 4) is 5.75 Å². The predicted octanol–water partition coefficient (Wildman–Crippen LogP) is 3.24. The molecule has 0 unspecified atom stereocenters. The maximum absolute atomic E-state index is 12.8. The molecule has 1 amide bonds. The fourth-order valence-corrected chi connectivity index (χ4v) is 2.79. The average molecular weight is 295 g/mol. The first-order valence-electron chi connectivity index (χ1n) is 7.20. The van der Waals surface area contributed by atoms with E-state index in [1.54, 1.807) is 42.3 Å². The van der Waals surface area contributed by atoms with E-state index in [2.05, 4.69) is 0 Å². The zero-order valence-corrected chi connectivity index (χ0v) is 12.6. The summed E-state index contributed by atoms with van der Waals surface area (Å²) in [6.45, 7) is 2.34. The minimum absolute atomic E-state index is 0.0919. The number of amides is 1. The number of anilines is 1. The molecular weight excluding hydrogens is 278 g/mol. The lowest BCUT2D eigenvalue weighted by Gasteiger charge is -2.30. The van der Waals surface area contributed by atoms with Crippen molar-refractivity contribution in [2.45, 2.75) is 13.3 Å². The summed E-state index contributed by atoms with van der Waals surface area (Å²) in [5.41, 5.74) is 2.89. The van der Waals surface area contributed by atoms with Gasteiger partial charge in [-0.15, -0.1) is 0 Å². The second kappa shape index (κ2) is 5.64. The lowest BCUT2D eigenvalue weighted by molar-refractivity contribution is 0.0955. The monoisotopic (exact) mass is 295 g/mol. The number of aryl methyl sites for hydroxylation is 1. The summed E-state index contributed by atoms with van der Waals surface area (Å²) in [7, 11) is 1.59. The largest absolute Gasteiger partial charge is 0.497 e. The van der Waals surface area contributed by atoms with Crippen LogP contribution in [0.4, 0.5) is 5.69 Å². The highest BCUT2D eigenvalue weighted by molar-refractivity contribution is 6.13. The summed E-state index contributed by atoms with van der Waals surface area (Å²) in [6.07, 6.45) is 0.359. The lowest BCUT2D eigenvalue weighted by atomic mass is 9.96. The van der Waals surface area contributed by atoms with Gasteiger partial charge in [0.15, 0.2) is 5.78 Å². The second-order valence-electron chi connectivity index (χ2n) is 5.33. The van der Waals surface area contributed by atoms with Gasteiger partial charge in [-0.25, -0.2) is 0 Å². The minimum atomic E-state index is -0.0919. The second-order valence-corrected chi connectivity index (χ2v) is 5.33. The summed E-state index contributed by atoms with van der Waals surface area (Å²) in [6, 6.07) is 12.6. The average Bonchev–Trinajstić information content (AvgIpc) is 2.55. The first-order chi connectivity index (χ1) is 10.6. The standard InChI is InChI=1S/C18H17NO3/c1-12-4-3-5-15-16(20)10-11-19(17(12)15)18(21)13-6-8-14(22-2)9-7-13/h3-9H,10-11H2,1-2H3. The smallest absolute Gasteiger partial charge is 0.258 e. The van der Waals surface area contributed by atoms with Crippen molar-refractivity contribution in [1.82, 2.24) is 0 Å². The fourth-order valence-electron chi connectivity index (χ4n) is 2.79. The third-order valence-electron chi connectivity index (χ3n) is 3.95. The van der Waals surface area contributed by atoms with E-state index >= 15 is 0 Å². The van der Waals surface area contributed by atoms with Gasteiger partial charge in [0, 0.05) is 24.1 Å². The van der Waals surface area contributed by atoms with Crippen LogP contribution < -0.4 is 9.64 Å². The van der Waals surface area contributed by atoms with Crippen molar-refractivity contribution in [1.29, 1.82) is 0 Å². The SMILES string of the molecule is COc1ccc(C(=O)N2CCC(=O)c3cccc(C)c32)cc1. The molecule has 0 aromatic heterocycles. The number of carbonyl (C=O) groups excluding carboxylic acids is 2. The molecule has 2 aromatic carbocycles. The van der Waals surface area contributed by atoms with E-state index in [1.807, 2.05) is 19.1 Å². The van der Waals surface area contributed by atoms with Gasteiger partial charge in [-0.1, -0.05) is 12.1 Å². The normalized spacial score (nSPS) is 13.7. The molecule has 3 rings (SSSR count). The molecule has 0 spiro atoms. The Kier molecular flexibility index (Phi) is 3.67. The minimum Gasteiger partial charge on any atom is -0.497 e. The summed E-state index contributed by atoms with van der Waals surface area (Å²) < 4.78 is 5.11. The third-order valence-corrected chi connectivity index (χ3v) is 3.95. The maximum Gasteiger partial charge on any atom is 0.258 e. The van der Waals surface area contributed by atoms with Crippen LogP contribution in [0.25, 0.3) is 0 Å². The zero-order chi connectivity index (χ0) is 15.7. The van der Waals surface area contributed by atoms with E-state index in [-0.39, 0.29) is 11.7 Å². The molecule has 1 heterocycles. The van der Waals surface area contributed by atoms with Crippen LogP contribution in [-0.4, -0.2) is 25.3 Å². The van der Waals surface area contributed by atoms with E-state index in [4.69, 9.17) is 4.74 Å². The highest BCUT2D eigenvalue weighted by Gasteiger charge is 2.29. The molecule has 0 bridgehead atoms. The third kappa shape index (κ3) is 2.37. The number of fused-ring (bicyclic) bond motifs is 1. The van der Waals surface area contributed by atoms with E-state index in [9.17, 15) is 9.59 Å². The van der Waals surface area contributed by atoms with E-state index in [1.165, 1.54) is 0 Å². The summed E-state index contributed by atoms with van der Waals surface area (Å²) >= 11 is 0. The van der Waals surface area contributed by atoms with Crippen molar-refractivity contribution in [3.05, 3.63) is 59.2 Å². The molecule has 112 valence electrons. The molecule has 0 saturated carbocycles. The van der Waals surface area contributed by atoms with E-state index in [0.29, 0.717) is 29.8 Å². The Morgan fingerprint density at radius 1 is 1.14 bits per heavy atom. The van der Waals surface area contributed by atoms with Gasteiger partial charge in [-0.05, 0) is 42.8 Å². The highest BCUT2D eigenvalue weighted by Crippen LogP contribution is 2.31. The molecule has 0 radical (unpaired) electrons. The number of para-hydroxylation sites is 1. The van der Waals surface area contributed by atoms with E-state index in [0.717, 1.165) is 11.3 Å². The molecule has 0 fully saturated rings. The number of methoxy groups -OCH3 is 1. The number of ether oxygens (including phenoxy) is 1. The number of hydrogen-bond donors (Lipinski definition) is 0. The van der Waals surface area contributed by atoms with E-state index < -0.39 is 0 Å². The Morgan fingerprint density at radius 2 is 1.86 bits per heavy atom. The van der Waals surface area contributed by atoms with Gasteiger partial charge < -0.3 is 9.64 Å². The highest BCUT2D eigenvalue weighted by atomic mass is 16.5. The number of hydrogen-bond acceptors (Lipinski definition) is 3. The molecule has 0 aliphatic carbocycles. The molecule has 1 aliphatic heterocycles. The van der Waals surface area contributed by atoms with Gasteiger partial charge in [0.25, 0.3) is 5.91 Å².